The molecule has 0 aliphatic heterocycles. The first-order valence-electron chi connectivity index (χ1n) is 5.23. The molecule has 0 saturated heterocycles. The number of nitrogens with zero attached hydrogens (tertiary/aromatic N) is 2. The summed E-state index contributed by atoms with van der Waals surface area (Å²) in [6.45, 7) is 6.69. The van der Waals surface area contributed by atoms with Crippen molar-refractivity contribution in [1.29, 1.82) is 0 Å². The van der Waals surface area contributed by atoms with Crippen molar-refractivity contribution in [3.8, 4) is 0 Å². The zero-order chi connectivity index (χ0) is 9.42. The van der Waals surface area contributed by atoms with Crippen molar-refractivity contribution in [1.82, 2.24) is 9.78 Å². The Morgan fingerprint density at radius 1 is 1.54 bits per heavy atom. The van der Waals surface area contributed by atoms with Crippen LogP contribution in [0.3, 0.4) is 0 Å². The van der Waals surface area contributed by atoms with E-state index < -0.39 is 0 Å². The molecule has 0 spiro atoms. The quantitative estimate of drug-likeness (QED) is 0.646. The highest BCUT2D eigenvalue weighted by molar-refractivity contribution is 5.20. The van der Waals surface area contributed by atoms with Crippen LogP contribution in [-0.2, 0) is 12.8 Å². The van der Waals surface area contributed by atoms with Crippen LogP contribution in [-0.4, -0.2) is 9.78 Å². The normalized spacial score (nSPS) is 22.0. The lowest BCUT2D eigenvalue weighted by molar-refractivity contribution is 0.492. The van der Waals surface area contributed by atoms with Crippen molar-refractivity contribution >= 4 is 0 Å². The molecule has 0 radical (unpaired) electrons. The second-order valence-electron chi connectivity index (χ2n) is 4.52. The van der Waals surface area contributed by atoms with Crippen LogP contribution in [0.25, 0.3) is 0 Å². The minimum Gasteiger partial charge on any atom is -0.270 e. The lowest BCUT2D eigenvalue weighted by Crippen LogP contribution is -2.09. The maximum absolute atomic E-state index is 4.60. The van der Waals surface area contributed by atoms with Crippen LogP contribution in [0.4, 0.5) is 0 Å². The van der Waals surface area contributed by atoms with Gasteiger partial charge in [-0.05, 0) is 44.6 Å². The highest BCUT2D eigenvalue weighted by atomic mass is 15.3. The summed E-state index contributed by atoms with van der Waals surface area (Å²) in [5, 5.41) is 4.60. The number of hydrogen-bond donors (Lipinski definition) is 0. The van der Waals surface area contributed by atoms with Gasteiger partial charge in [0.2, 0.25) is 0 Å². The molecule has 0 amide bonds. The summed E-state index contributed by atoms with van der Waals surface area (Å²) in [5.74, 6) is 0.845. The van der Waals surface area contributed by atoms with Gasteiger partial charge in [-0.1, -0.05) is 6.92 Å². The van der Waals surface area contributed by atoms with Crippen LogP contribution >= 0.6 is 0 Å². The summed E-state index contributed by atoms with van der Waals surface area (Å²) in [6.07, 6.45) is 5.94. The zero-order valence-corrected chi connectivity index (χ0v) is 8.75. The van der Waals surface area contributed by atoms with Gasteiger partial charge in [0.25, 0.3) is 0 Å². The molecule has 1 aromatic rings. The predicted molar refractivity (Wildman–Crippen MR) is 53.8 cm³/mol. The fraction of sp³-hybridized carbons (Fsp3) is 0.727. The summed E-state index contributed by atoms with van der Waals surface area (Å²) in [5.41, 5.74) is 2.82. The lowest BCUT2D eigenvalue weighted by atomic mass is 9.89. The SMILES string of the molecule is CC1CCc2nn(C(C)C)cc2C1. The number of fused-ring (bicyclic) bond motifs is 1. The van der Waals surface area contributed by atoms with E-state index in [0.29, 0.717) is 6.04 Å². The number of hydrogen-bond acceptors (Lipinski definition) is 1. The monoisotopic (exact) mass is 178 g/mol. The van der Waals surface area contributed by atoms with Crippen LogP contribution < -0.4 is 0 Å². The molecule has 1 atom stereocenters. The lowest BCUT2D eigenvalue weighted by Gasteiger charge is -2.15. The third-order valence-corrected chi connectivity index (χ3v) is 2.87. The molecule has 72 valence electrons. The molecular formula is C11H18N2. The highest BCUT2D eigenvalue weighted by Gasteiger charge is 2.18. The van der Waals surface area contributed by atoms with Gasteiger partial charge in [-0.25, -0.2) is 0 Å². The highest BCUT2D eigenvalue weighted by Crippen LogP contribution is 2.24. The molecule has 1 heterocycles. The maximum Gasteiger partial charge on any atom is 0.0656 e. The fourth-order valence-corrected chi connectivity index (χ4v) is 1.97. The first kappa shape index (κ1) is 8.79. The first-order chi connectivity index (χ1) is 6.16. The van der Waals surface area contributed by atoms with Crippen LogP contribution in [0, 0.1) is 5.92 Å². The average molecular weight is 178 g/mol. The predicted octanol–water partition coefficient (Wildman–Crippen LogP) is 2.59. The first-order valence-corrected chi connectivity index (χ1v) is 5.23. The topological polar surface area (TPSA) is 17.8 Å². The molecule has 0 bridgehead atoms. The van der Waals surface area contributed by atoms with Crippen molar-refractivity contribution in [2.45, 2.75) is 46.1 Å². The summed E-state index contributed by atoms with van der Waals surface area (Å²) < 4.78 is 2.10. The van der Waals surface area contributed by atoms with Crippen LogP contribution in [0.15, 0.2) is 6.20 Å². The second-order valence-corrected chi connectivity index (χ2v) is 4.52. The third-order valence-electron chi connectivity index (χ3n) is 2.87. The summed E-state index contributed by atoms with van der Waals surface area (Å²) >= 11 is 0. The summed E-state index contributed by atoms with van der Waals surface area (Å²) in [4.78, 5) is 0. The third kappa shape index (κ3) is 1.62. The van der Waals surface area contributed by atoms with E-state index in [2.05, 4.69) is 36.7 Å². The van der Waals surface area contributed by atoms with Crippen LogP contribution in [0.5, 0.6) is 0 Å². The Morgan fingerprint density at radius 2 is 2.31 bits per heavy atom. The van der Waals surface area contributed by atoms with Crippen molar-refractivity contribution < 1.29 is 0 Å². The Labute approximate surface area is 80.0 Å². The molecule has 0 fully saturated rings. The van der Waals surface area contributed by atoms with Crippen molar-refractivity contribution in [2.24, 2.45) is 5.92 Å². The fourth-order valence-electron chi connectivity index (χ4n) is 1.97. The van der Waals surface area contributed by atoms with Gasteiger partial charge >= 0.3 is 0 Å². The molecule has 1 aliphatic carbocycles. The van der Waals surface area contributed by atoms with E-state index in [0.717, 1.165) is 5.92 Å². The van der Waals surface area contributed by atoms with Gasteiger partial charge in [-0.3, -0.25) is 4.68 Å². The molecule has 1 aliphatic rings. The maximum atomic E-state index is 4.60. The Kier molecular flexibility index (Phi) is 2.14. The van der Waals surface area contributed by atoms with Gasteiger partial charge in [0, 0.05) is 12.2 Å². The molecule has 0 N–H and O–H groups in total. The summed E-state index contributed by atoms with van der Waals surface area (Å²) in [7, 11) is 0. The van der Waals surface area contributed by atoms with E-state index >= 15 is 0 Å². The van der Waals surface area contributed by atoms with Gasteiger partial charge < -0.3 is 0 Å². The van der Waals surface area contributed by atoms with E-state index in [1.165, 1.54) is 30.5 Å². The number of aromatic nitrogens is 2. The second kappa shape index (κ2) is 3.17. The van der Waals surface area contributed by atoms with E-state index in [1.807, 2.05) is 0 Å². The van der Waals surface area contributed by atoms with Gasteiger partial charge in [0.15, 0.2) is 0 Å². The van der Waals surface area contributed by atoms with Crippen molar-refractivity contribution in [3.05, 3.63) is 17.5 Å². The number of rotatable bonds is 1. The molecule has 0 aromatic carbocycles. The smallest absolute Gasteiger partial charge is 0.0656 e. The van der Waals surface area contributed by atoms with Gasteiger partial charge in [-0.15, -0.1) is 0 Å². The van der Waals surface area contributed by atoms with E-state index in [9.17, 15) is 0 Å². The van der Waals surface area contributed by atoms with Crippen molar-refractivity contribution in [2.75, 3.05) is 0 Å². The zero-order valence-electron chi connectivity index (χ0n) is 8.75. The Hall–Kier alpha value is -0.790. The molecule has 0 saturated carbocycles. The summed E-state index contributed by atoms with van der Waals surface area (Å²) in [6, 6.07) is 0.501. The minimum atomic E-state index is 0.501. The van der Waals surface area contributed by atoms with Crippen molar-refractivity contribution in [3.63, 3.8) is 0 Å². The standard InChI is InChI=1S/C11H18N2/c1-8(2)13-7-10-6-9(3)4-5-11(10)12-13/h7-9H,4-6H2,1-3H3. The van der Waals surface area contributed by atoms with Gasteiger partial charge in [-0.2, -0.15) is 5.10 Å². The molecule has 2 nitrogen and oxygen atoms in total. The molecule has 2 heteroatoms. The Bertz CT molecular complexity index is 299. The van der Waals surface area contributed by atoms with Gasteiger partial charge in [0.1, 0.15) is 0 Å². The average Bonchev–Trinajstić information content (AvgIpc) is 2.46. The van der Waals surface area contributed by atoms with Crippen LogP contribution in [0.2, 0.25) is 0 Å². The molecule has 2 rings (SSSR count). The molecule has 1 unspecified atom stereocenters. The van der Waals surface area contributed by atoms with Gasteiger partial charge in [0.05, 0.1) is 5.69 Å². The Balaban J connectivity index is 2.28. The minimum absolute atomic E-state index is 0.501. The number of aryl methyl sites for hydroxylation is 1. The van der Waals surface area contributed by atoms with E-state index in [1.54, 1.807) is 0 Å². The molecule has 1 aromatic heterocycles. The van der Waals surface area contributed by atoms with E-state index in [4.69, 9.17) is 0 Å². The van der Waals surface area contributed by atoms with E-state index in [-0.39, 0.29) is 0 Å². The van der Waals surface area contributed by atoms with Crippen LogP contribution in [0.1, 0.15) is 44.5 Å². The molecule has 13 heavy (non-hydrogen) atoms. The largest absolute Gasteiger partial charge is 0.270 e. The Morgan fingerprint density at radius 3 is 3.00 bits per heavy atom. The molecular weight excluding hydrogens is 160 g/mol.